The van der Waals surface area contributed by atoms with Crippen molar-refractivity contribution in [1.29, 1.82) is 0 Å². The van der Waals surface area contributed by atoms with Gasteiger partial charge >= 0.3 is 17.9 Å². The van der Waals surface area contributed by atoms with E-state index in [4.69, 9.17) is 30.5 Å². The van der Waals surface area contributed by atoms with Crippen LogP contribution in [0.25, 0.3) is 11.2 Å². The molecule has 12 nitrogen and oxygen atoms in total. The Hall–Kier alpha value is -3.04. The number of fused-ring (bicyclic) bond motifs is 1. The number of nitrogens with one attached hydrogen (secondary N) is 1. The number of hydrogen-bond acceptors (Lipinski definition) is 11. The van der Waals surface area contributed by atoms with E-state index in [1.165, 1.54) is 17.8 Å². The molecular formula is C22H21ClIN5O7. The Kier molecular flexibility index (Phi) is 7.90. The molecule has 0 unspecified atom stereocenters. The Morgan fingerprint density at radius 3 is 2.56 bits per heavy atom. The van der Waals surface area contributed by atoms with E-state index in [0.29, 0.717) is 17.9 Å². The number of carbonyl (C=O) groups is 3. The van der Waals surface area contributed by atoms with Gasteiger partial charge in [0.15, 0.2) is 41.5 Å². The molecule has 0 bridgehead atoms. The molecule has 1 aliphatic heterocycles. The molecule has 1 saturated heterocycles. The smallest absolute Gasteiger partial charge is 0.339 e. The molecule has 0 aliphatic carbocycles. The van der Waals surface area contributed by atoms with Crippen LogP contribution in [0.4, 0.5) is 5.82 Å². The van der Waals surface area contributed by atoms with E-state index < -0.39 is 42.4 Å². The highest BCUT2D eigenvalue weighted by molar-refractivity contribution is 14.1. The van der Waals surface area contributed by atoms with E-state index in [1.54, 1.807) is 0 Å². The van der Waals surface area contributed by atoms with Gasteiger partial charge in [0.25, 0.3) is 0 Å². The number of rotatable bonds is 7. The SMILES string of the molecule is COC(=O)[C@H]1O[C@H](n2cnc3c(NCc4cccc(I)c4)nc(Cl)nc32)[C@H](OC(C)=O)[C@@H]1OC(C)=O. The third-order valence-electron chi connectivity index (χ3n) is 5.24. The summed E-state index contributed by atoms with van der Waals surface area (Å²) < 4.78 is 23.9. The van der Waals surface area contributed by atoms with E-state index in [-0.39, 0.29) is 10.9 Å². The largest absolute Gasteiger partial charge is 0.467 e. The summed E-state index contributed by atoms with van der Waals surface area (Å²) >= 11 is 8.44. The van der Waals surface area contributed by atoms with Crippen molar-refractivity contribution in [3.63, 3.8) is 0 Å². The van der Waals surface area contributed by atoms with E-state index >= 15 is 0 Å². The molecule has 0 radical (unpaired) electrons. The zero-order valence-corrected chi connectivity index (χ0v) is 22.2. The normalized spacial score (nSPS) is 21.2. The van der Waals surface area contributed by atoms with Gasteiger partial charge in [-0.15, -0.1) is 0 Å². The molecule has 1 N–H and O–H groups in total. The summed E-state index contributed by atoms with van der Waals surface area (Å²) in [5.41, 5.74) is 1.62. The van der Waals surface area contributed by atoms with Gasteiger partial charge in [0.05, 0.1) is 13.4 Å². The molecular weight excluding hydrogens is 609 g/mol. The van der Waals surface area contributed by atoms with Crippen LogP contribution >= 0.6 is 34.2 Å². The van der Waals surface area contributed by atoms with E-state index in [2.05, 4.69) is 42.9 Å². The van der Waals surface area contributed by atoms with Gasteiger partial charge in [-0.3, -0.25) is 14.2 Å². The average Bonchev–Trinajstić information content (AvgIpc) is 3.38. The van der Waals surface area contributed by atoms with Gasteiger partial charge < -0.3 is 24.3 Å². The molecule has 3 heterocycles. The predicted octanol–water partition coefficient (Wildman–Crippen LogP) is 2.63. The van der Waals surface area contributed by atoms with Gasteiger partial charge in [0, 0.05) is 24.0 Å². The first kappa shape index (κ1) is 26.0. The number of halogens is 2. The van der Waals surface area contributed by atoms with Gasteiger partial charge in [-0.05, 0) is 51.9 Å². The van der Waals surface area contributed by atoms with Crippen LogP contribution in [-0.4, -0.2) is 62.8 Å². The standard InChI is InChI=1S/C22H21ClIN5O7/c1-10(30)34-15-16(35-11(2)31)20(36-17(15)21(32)33-3)29-9-26-14-18(27-22(23)28-19(14)29)25-8-12-5-4-6-13(24)7-12/h4-7,9,15-17,20H,8H2,1-3H3,(H,25,27,28)/t15-,16+,17-,20-/m0/s1. The van der Waals surface area contributed by atoms with E-state index in [1.807, 2.05) is 24.3 Å². The number of esters is 3. The fraction of sp³-hybridized carbons (Fsp3) is 0.364. The zero-order valence-electron chi connectivity index (χ0n) is 19.3. The van der Waals surface area contributed by atoms with Crippen LogP contribution in [0.2, 0.25) is 5.28 Å². The molecule has 14 heteroatoms. The molecule has 4 atom stereocenters. The van der Waals surface area contributed by atoms with Crippen molar-refractivity contribution in [2.75, 3.05) is 12.4 Å². The molecule has 2 aromatic heterocycles. The monoisotopic (exact) mass is 629 g/mol. The lowest BCUT2D eigenvalue weighted by Gasteiger charge is -2.23. The van der Waals surface area contributed by atoms with Crippen LogP contribution in [-0.2, 0) is 39.9 Å². The lowest BCUT2D eigenvalue weighted by molar-refractivity contribution is -0.169. The van der Waals surface area contributed by atoms with Crippen molar-refractivity contribution < 1.29 is 33.3 Å². The first-order chi connectivity index (χ1) is 17.2. The van der Waals surface area contributed by atoms with Crippen molar-refractivity contribution in [3.8, 4) is 0 Å². The number of hydrogen-bond donors (Lipinski definition) is 1. The van der Waals surface area contributed by atoms with Gasteiger partial charge in [-0.1, -0.05) is 12.1 Å². The number of ether oxygens (including phenoxy) is 4. The van der Waals surface area contributed by atoms with Crippen LogP contribution in [0, 0.1) is 3.57 Å². The second-order valence-electron chi connectivity index (χ2n) is 7.77. The molecule has 1 aliphatic rings. The number of nitrogens with zero attached hydrogens (tertiary/aromatic N) is 4. The lowest BCUT2D eigenvalue weighted by atomic mass is 10.1. The maximum atomic E-state index is 12.4. The second-order valence-corrected chi connectivity index (χ2v) is 9.35. The van der Waals surface area contributed by atoms with Crippen molar-refractivity contribution in [2.45, 2.75) is 44.9 Å². The van der Waals surface area contributed by atoms with Crippen LogP contribution in [0.1, 0.15) is 25.6 Å². The molecule has 0 amide bonds. The summed E-state index contributed by atoms with van der Waals surface area (Å²) in [6.45, 7) is 2.80. The molecule has 3 aromatic rings. The van der Waals surface area contributed by atoms with Gasteiger partial charge in [-0.25, -0.2) is 9.78 Å². The summed E-state index contributed by atoms with van der Waals surface area (Å²) in [4.78, 5) is 49.0. The maximum Gasteiger partial charge on any atom is 0.339 e. The predicted molar refractivity (Wildman–Crippen MR) is 134 cm³/mol. The number of anilines is 1. The Morgan fingerprint density at radius 1 is 1.17 bits per heavy atom. The van der Waals surface area contributed by atoms with Crippen molar-refractivity contribution in [1.82, 2.24) is 19.5 Å². The summed E-state index contributed by atoms with van der Waals surface area (Å²) in [5.74, 6) is -1.81. The first-order valence-corrected chi connectivity index (χ1v) is 12.1. The number of benzene rings is 1. The number of aromatic nitrogens is 4. The molecule has 1 aromatic carbocycles. The first-order valence-electron chi connectivity index (χ1n) is 10.6. The Balaban J connectivity index is 1.72. The zero-order chi connectivity index (χ0) is 26.0. The van der Waals surface area contributed by atoms with Gasteiger partial charge in [0.1, 0.15) is 0 Å². The van der Waals surface area contributed by atoms with Crippen LogP contribution in [0.15, 0.2) is 30.6 Å². The molecule has 0 saturated carbocycles. The fourth-order valence-electron chi connectivity index (χ4n) is 3.84. The third kappa shape index (κ3) is 5.52. The Morgan fingerprint density at radius 2 is 1.89 bits per heavy atom. The minimum absolute atomic E-state index is 0.0718. The Labute approximate surface area is 223 Å². The summed E-state index contributed by atoms with van der Waals surface area (Å²) in [7, 11) is 1.16. The average molecular weight is 630 g/mol. The highest BCUT2D eigenvalue weighted by Crippen LogP contribution is 2.37. The maximum absolute atomic E-state index is 12.4. The quantitative estimate of drug-likeness (QED) is 0.178. The molecule has 190 valence electrons. The molecule has 36 heavy (non-hydrogen) atoms. The number of imidazole rings is 1. The molecule has 0 spiro atoms. The van der Waals surface area contributed by atoms with E-state index in [0.717, 1.165) is 23.2 Å². The Bertz CT molecular complexity index is 1320. The van der Waals surface area contributed by atoms with Crippen LogP contribution in [0.5, 0.6) is 0 Å². The topological polar surface area (TPSA) is 144 Å². The third-order valence-corrected chi connectivity index (χ3v) is 6.08. The molecule has 4 rings (SSSR count). The molecule has 1 fully saturated rings. The number of carbonyl (C=O) groups excluding carboxylic acids is 3. The number of methoxy groups -OCH3 is 1. The highest BCUT2D eigenvalue weighted by atomic mass is 127. The lowest BCUT2D eigenvalue weighted by Crippen LogP contribution is -2.42. The van der Waals surface area contributed by atoms with E-state index in [9.17, 15) is 14.4 Å². The minimum Gasteiger partial charge on any atom is -0.467 e. The summed E-state index contributed by atoms with van der Waals surface area (Å²) in [6, 6.07) is 7.91. The van der Waals surface area contributed by atoms with Gasteiger partial charge in [-0.2, -0.15) is 9.97 Å². The van der Waals surface area contributed by atoms with Crippen molar-refractivity contribution in [2.24, 2.45) is 0 Å². The van der Waals surface area contributed by atoms with Crippen molar-refractivity contribution in [3.05, 3.63) is 45.0 Å². The summed E-state index contributed by atoms with van der Waals surface area (Å²) in [6.07, 6.45) is -3.58. The fourth-order valence-corrected chi connectivity index (χ4v) is 4.61. The summed E-state index contributed by atoms with van der Waals surface area (Å²) in [5, 5.41) is 3.13. The van der Waals surface area contributed by atoms with Crippen molar-refractivity contribution >= 4 is 69.1 Å². The highest BCUT2D eigenvalue weighted by Gasteiger charge is 2.54. The minimum atomic E-state index is -1.36. The second kappa shape index (κ2) is 10.9. The van der Waals surface area contributed by atoms with Gasteiger partial charge in [0.2, 0.25) is 5.28 Å². The van der Waals surface area contributed by atoms with Crippen LogP contribution in [0.3, 0.4) is 0 Å². The van der Waals surface area contributed by atoms with Crippen LogP contribution < -0.4 is 5.32 Å².